The Labute approximate surface area is 175 Å². The van der Waals surface area contributed by atoms with Gasteiger partial charge in [-0.1, -0.05) is 30.3 Å². The number of fused-ring (bicyclic) bond motifs is 2. The van der Waals surface area contributed by atoms with Crippen molar-refractivity contribution >= 4 is 27.8 Å². The van der Waals surface area contributed by atoms with Gasteiger partial charge in [-0.05, 0) is 55.3 Å². The van der Waals surface area contributed by atoms with Crippen LogP contribution >= 0.6 is 0 Å². The van der Waals surface area contributed by atoms with Crippen LogP contribution in [0.3, 0.4) is 0 Å². The molecule has 0 unspecified atom stereocenters. The standard InChI is InChI=1S/C24H27N5O/c30-23(15-25-14-19-13-17-5-1-2-6-20(17)26-19)27-18-11-9-16(10-12-18)24-28-21-7-3-4-8-22(21)29-24/h1-8,13,16,18,25-26H,9-12,14-15H2,(H,27,30)(H,28,29). The van der Waals surface area contributed by atoms with E-state index in [1.54, 1.807) is 0 Å². The number of benzene rings is 2. The van der Waals surface area contributed by atoms with Gasteiger partial charge in [-0.15, -0.1) is 0 Å². The summed E-state index contributed by atoms with van der Waals surface area (Å²) >= 11 is 0. The number of para-hydroxylation sites is 3. The molecule has 6 nitrogen and oxygen atoms in total. The number of rotatable bonds is 6. The van der Waals surface area contributed by atoms with Gasteiger partial charge in [-0.25, -0.2) is 4.98 Å². The van der Waals surface area contributed by atoms with Gasteiger partial charge in [0.2, 0.25) is 5.91 Å². The van der Waals surface area contributed by atoms with Gasteiger partial charge in [-0.2, -0.15) is 0 Å². The second kappa shape index (κ2) is 8.32. The van der Waals surface area contributed by atoms with Crippen LogP contribution in [-0.2, 0) is 11.3 Å². The molecule has 1 aliphatic rings. The van der Waals surface area contributed by atoms with Crippen molar-refractivity contribution in [2.24, 2.45) is 0 Å². The first-order valence-corrected chi connectivity index (χ1v) is 10.8. The van der Waals surface area contributed by atoms with Gasteiger partial charge in [0.25, 0.3) is 0 Å². The molecule has 6 heteroatoms. The minimum absolute atomic E-state index is 0.0679. The first kappa shape index (κ1) is 18.9. The van der Waals surface area contributed by atoms with E-state index in [9.17, 15) is 4.79 Å². The van der Waals surface area contributed by atoms with E-state index >= 15 is 0 Å². The summed E-state index contributed by atoms with van der Waals surface area (Å²) in [5, 5.41) is 7.63. The third-order valence-corrected chi connectivity index (χ3v) is 6.07. The minimum Gasteiger partial charge on any atom is -0.357 e. The molecule has 4 N–H and O–H groups in total. The van der Waals surface area contributed by atoms with E-state index in [0.29, 0.717) is 19.0 Å². The monoisotopic (exact) mass is 401 g/mol. The molecule has 4 aromatic rings. The van der Waals surface area contributed by atoms with E-state index in [0.717, 1.165) is 53.8 Å². The average molecular weight is 402 g/mol. The maximum Gasteiger partial charge on any atom is 0.234 e. The lowest BCUT2D eigenvalue weighted by molar-refractivity contribution is -0.121. The fourth-order valence-corrected chi connectivity index (χ4v) is 4.50. The number of H-pyrrole nitrogens is 2. The molecule has 30 heavy (non-hydrogen) atoms. The number of imidazole rings is 1. The average Bonchev–Trinajstić information content (AvgIpc) is 3.38. The van der Waals surface area contributed by atoms with E-state index < -0.39 is 0 Å². The topological polar surface area (TPSA) is 85.6 Å². The van der Waals surface area contributed by atoms with Gasteiger partial charge in [0.15, 0.2) is 0 Å². The molecule has 1 aliphatic carbocycles. The summed E-state index contributed by atoms with van der Waals surface area (Å²) in [6.45, 7) is 0.986. The second-order valence-corrected chi connectivity index (χ2v) is 8.24. The van der Waals surface area contributed by atoms with Crippen molar-refractivity contribution in [1.82, 2.24) is 25.6 Å². The molecule has 0 aliphatic heterocycles. The smallest absolute Gasteiger partial charge is 0.234 e. The van der Waals surface area contributed by atoms with Gasteiger partial charge >= 0.3 is 0 Å². The lowest BCUT2D eigenvalue weighted by Crippen LogP contribution is -2.41. The molecular weight excluding hydrogens is 374 g/mol. The molecular formula is C24H27N5O. The largest absolute Gasteiger partial charge is 0.357 e. The summed E-state index contributed by atoms with van der Waals surface area (Å²) in [5.74, 6) is 1.60. The van der Waals surface area contributed by atoms with Crippen LogP contribution < -0.4 is 10.6 Å². The van der Waals surface area contributed by atoms with Crippen molar-refractivity contribution in [2.75, 3.05) is 6.54 Å². The fraction of sp³-hybridized carbons (Fsp3) is 0.333. The summed E-state index contributed by atoms with van der Waals surface area (Å²) in [5.41, 5.74) is 4.35. The molecule has 2 aromatic carbocycles. The molecule has 1 amide bonds. The zero-order valence-electron chi connectivity index (χ0n) is 16.9. The number of nitrogens with zero attached hydrogens (tertiary/aromatic N) is 1. The van der Waals surface area contributed by atoms with Crippen molar-refractivity contribution < 1.29 is 4.79 Å². The highest BCUT2D eigenvalue weighted by Crippen LogP contribution is 2.32. The summed E-state index contributed by atoms with van der Waals surface area (Å²) in [7, 11) is 0. The second-order valence-electron chi connectivity index (χ2n) is 8.24. The van der Waals surface area contributed by atoms with Crippen molar-refractivity contribution in [2.45, 2.75) is 44.2 Å². The Kier molecular flexibility index (Phi) is 5.24. The number of amides is 1. The molecule has 5 rings (SSSR count). The van der Waals surface area contributed by atoms with Crippen molar-refractivity contribution in [3.05, 3.63) is 66.1 Å². The zero-order chi connectivity index (χ0) is 20.3. The first-order valence-electron chi connectivity index (χ1n) is 10.8. The van der Waals surface area contributed by atoms with Crippen LogP contribution in [0.2, 0.25) is 0 Å². The lowest BCUT2D eigenvalue weighted by atomic mass is 9.85. The summed E-state index contributed by atoms with van der Waals surface area (Å²) in [6, 6.07) is 18.7. The molecule has 0 bridgehead atoms. The molecule has 0 atom stereocenters. The summed E-state index contributed by atoms with van der Waals surface area (Å²) in [6.07, 6.45) is 4.09. The zero-order valence-corrected chi connectivity index (χ0v) is 16.9. The highest BCUT2D eigenvalue weighted by Gasteiger charge is 2.25. The SMILES string of the molecule is O=C(CNCc1cc2ccccc2[nH]1)NC1CCC(c2nc3ccccc3[nH]2)CC1. The van der Waals surface area contributed by atoms with Crippen LogP contribution in [0.1, 0.15) is 43.1 Å². The summed E-state index contributed by atoms with van der Waals surface area (Å²) in [4.78, 5) is 23.9. The highest BCUT2D eigenvalue weighted by molar-refractivity contribution is 5.80. The molecule has 0 radical (unpaired) electrons. The molecule has 2 aromatic heterocycles. The number of hydrogen-bond acceptors (Lipinski definition) is 3. The molecule has 2 heterocycles. The van der Waals surface area contributed by atoms with Crippen molar-refractivity contribution in [3.63, 3.8) is 0 Å². The first-order chi connectivity index (χ1) is 14.7. The van der Waals surface area contributed by atoms with Crippen LogP contribution in [0.5, 0.6) is 0 Å². The Balaban J connectivity index is 1.07. The van der Waals surface area contributed by atoms with E-state index in [1.165, 1.54) is 5.39 Å². The molecule has 1 fully saturated rings. The third kappa shape index (κ3) is 4.09. The Bertz CT molecular complexity index is 1090. The van der Waals surface area contributed by atoms with Crippen LogP contribution in [0.4, 0.5) is 0 Å². The van der Waals surface area contributed by atoms with Crippen LogP contribution in [0, 0.1) is 0 Å². The number of carbonyl (C=O) groups excluding carboxylic acids is 1. The molecule has 0 spiro atoms. The van der Waals surface area contributed by atoms with Crippen LogP contribution in [-0.4, -0.2) is 33.4 Å². The van der Waals surface area contributed by atoms with Crippen molar-refractivity contribution in [1.29, 1.82) is 0 Å². The Morgan fingerprint density at radius 3 is 2.53 bits per heavy atom. The number of nitrogens with one attached hydrogen (secondary N) is 4. The van der Waals surface area contributed by atoms with Gasteiger partial charge in [-0.3, -0.25) is 4.79 Å². The van der Waals surface area contributed by atoms with Crippen molar-refractivity contribution in [3.8, 4) is 0 Å². The highest BCUT2D eigenvalue weighted by atomic mass is 16.1. The van der Waals surface area contributed by atoms with Crippen LogP contribution in [0.15, 0.2) is 54.6 Å². The van der Waals surface area contributed by atoms with Crippen LogP contribution in [0.25, 0.3) is 21.9 Å². The third-order valence-electron chi connectivity index (χ3n) is 6.07. The van der Waals surface area contributed by atoms with Gasteiger partial charge in [0.05, 0.1) is 17.6 Å². The molecule has 154 valence electrons. The fourth-order valence-electron chi connectivity index (χ4n) is 4.50. The van der Waals surface area contributed by atoms with E-state index in [2.05, 4.69) is 44.9 Å². The Hall–Kier alpha value is -3.12. The van der Waals surface area contributed by atoms with E-state index in [4.69, 9.17) is 4.98 Å². The van der Waals surface area contributed by atoms with Gasteiger partial charge in [0.1, 0.15) is 5.82 Å². The van der Waals surface area contributed by atoms with E-state index in [-0.39, 0.29) is 11.9 Å². The molecule has 0 saturated heterocycles. The van der Waals surface area contributed by atoms with Gasteiger partial charge in [0, 0.05) is 29.7 Å². The number of hydrogen-bond donors (Lipinski definition) is 4. The van der Waals surface area contributed by atoms with Gasteiger partial charge < -0.3 is 20.6 Å². The number of aromatic amines is 2. The minimum atomic E-state index is 0.0679. The predicted molar refractivity (Wildman–Crippen MR) is 119 cm³/mol. The quantitative estimate of drug-likeness (QED) is 0.394. The lowest BCUT2D eigenvalue weighted by Gasteiger charge is -2.28. The normalized spacial score (nSPS) is 19.3. The summed E-state index contributed by atoms with van der Waals surface area (Å²) < 4.78 is 0. The Morgan fingerprint density at radius 1 is 0.967 bits per heavy atom. The van der Waals surface area contributed by atoms with E-state index in [1.807, 2.05) is 30.3 Å². The maximum atomic E-state index is 12.3. The number of aromatic nitrogens is 3. The Morgan fingerprint density at radius 2 is 1.73 bits per heavy atom. The predicted octanol–water partition coefficient (Wildman–Crippen LogP) is 3.98. The molecule has 1 saturated carbocycles. The number of carbonyl (C=O) groups is 1. The maximum absolute atomic E-state index is 12.3.